The zero-order valence-corrected chi connectivity index (χ0v) is 9.53. The van der Waals surface area contributed by atoms with Crippen LogP contribution in [0.1, 0.15) is 23.1 Å². The van der Waals surface area contributed by atoms with Crippen molar-refractivity contribution in [3.05, 3.63) is 34.9 Å². The molecule has 0 fully saturated rings. The van der Waals surface area contributed by atoms with Crippen LogP contribution in [0.4, 0.5) is 0 Å². The van der Waals surface area contributed by atoms with Crippen LogP contribution in [0.15, 0.2) is 18.2 Å². The lowest BCUT2D eigenvalue weighted by molar-refractivity contribution is -0.140. The van der Waals surface area contributed by atoms with Gasteiger partial charge in [-0.05, 0) is 36.0 Å². The molecule has 3 nitrogen and oxygen atoms in total. The van der Waals surface area contributed by atoms with Crippen LogP contribution < -0.4 is 5.73 Å². The number of carbonyl (C=O) groups is 1. The monoisotopic (exact) mass is 219 g/mol. The molecule has 3 heteroatoms. The Balaban J connectivity index is 2.11. The van der Waals surface area contributed by atoms with Gasteiger partial charge < -0.3 is 10.5 Å². The van der Waals surface area contributed by atoms with E-state index in [2.05, 4.69) is 16.9 Å². The van der Waals surface area contributed by atoms with Gasteiger partial charge in [-0.15, -0.1) is 0 Å². The Bertz CT molecular complexity index is 401. The highest BCUT2D eigenvalue weighted by molar-refractivity contribution is 5.69. The number of ether oxygens (including phenoxy) is 1. The lowest BCUT2D eigenvalue weighted by atomic mass is 9.99. The number of fused-ring (bicyclic) bond motifs is 1. The third-order valence-electron chi connectivity index (χ3n) is 3.14. The van der Waals surface area contributed by atoms with E-state index in [0.29, 0.717) is 6.42 Å². The number of esters is 1. The second-order valence-electron chi connectivity index (χ2n) is 4.30. The summed E-state index contributed by atoms with van der Waals surface area (Å²) in [6, 6.07) is 6.50. The maximum absolute atomic E-state index is 11.1. The van der Waals surface area contributed by atoms with E-state index in [1.54, 1.807) is 0 Å². The number of methoxy groups -OCH3 is 1. The number of hydrogen-bond acceptors (Lipinski definition) is 3. The van der Waals surface area contributed by atoms with Crippen LogP contribution in [0.2, 0.25) is 0 Å². The summed E-state index contributed by atoms with van der Waals surface area (Å²) < 4.78 is 4.65. The van der Waals surface area contributed by atoms with E-state index < -0.39 is 0 Å². The van der Waals surface area contributed by atoms with E-state index in [0.717, 1.165) is 19.3 Å². The van der Waals surface area contributed by atoms with Gasteiger partial charge in [0.2, 0.25) is 0 Å². The smallest absolute Gasteiger partial charge is 0.305 e. The fraction of sp³-hybridized carbons (Fsp3) is 0.462. The van der Waals surface area contributed by atoms with Crippen LogP contribution in [0.25, 0.3) is 0 Å². The Labute approximate surface area is 95.6 Å². The first-order valence-corrected chi connectivity index (χ1v) is 5.62. The van der Waals surface area contributed by atoms with Gasteiger partial charge >= 0.3 is 5.97 Å². The van der Waals surface area contributed by atoms with Crippen LogP contribution >= 0.6 is 0 Å². The molecule has 0 bridgehead atoms. The summed E-state index contributed by atoms with van der Waals surface area (Å²) in [6.45, 7) is 0. The van der Waals surface area contributed by atoms with E-state index in [4.69, 9.17) is 5.73 Å². The van der Waals surface area contributed by atoms with Gasteiger partial charge in [0, 0.05) is 12.5 Å². The Morgan fingerprint density at radius 2 is 2.31 bits per heavy atom. The Morgan fingerprint density at radius 3 is 3.06 bits per heavy atom. The average molecular weight is 219 g/mol. The van der Waals surface area contributed by atoms with E-state index in [1.165, 1.54) is 23.8 Å². The molecular formula is C13H17NO2. The third kappa shape index (κ3) is 2.25. The molecule has 0 spiro atoms. The summed E-state index contributed by atoms with van der Waals surface area (Å²) in [4.78, 5) is 11.1. The first-order valence-electron chi connectivity index (χ1n) is 5.62. The first-order chi connectivity index (χ1) is 7.70. The van der Waals surface area contributed by atoms with Crippen molar-refractivity contribution in [1.29, 1.82) is 0 Å². The van der Waals surface area contributed by atoms with Crippen LogP contribution in [-0.2, 0) is 28.8 Å². The van der Waals surface area contributed by atoms with Crippen LogP contribution in [0, 0.1) is 0 Å². The minimum absolute atomic E-state index is 0.153. The molecular weight excluding hydrogens is 202 g/mol. The van der Waals surface area contributed by atoms with Crippen molar-refractivity contribution in [2.24, 2.45) is 5.73 Å². The summed E-state index contributed by atoms with van der Waals surface area (Å²) in [5, 5.41) is 0. The minimum atomic E-state index is -0.153. The molecule has 0 saturated heterocycles. The van der Waals surface area contributed by atoms with Gasteiger partial charge in [-0.3, -0.25) is 4.79 Å². The topological polar surface area (TPSA) is 52.3 Å². The van der Waals surface area contributed by atoms with Gasteiger partial charge in [-0.2, -0.15) is 0 Å². The Hall–Kier alpha value is -1.35. The largest absolute Gasteiger partial charge is 0.469 e. The molecule has 1 aromatic rings. The molecule has 1 aliphatic rings. The second kappa shape index (κ2) is 4.66. The number of rotatable bonds is 3. The molecule has 1 aliphatic carbocycles. The van der Waals surface area contributed by atoms with Gasteiger partial charge in [-0.1, -0.05) is 18.2 Å². The van der Waals surface area contributed by atoms with Gasteiger partial charge in [0.05, 0.1) is 7.11 Å². The van der Waals surface area contributed by atoms with Gasteiger partial charge in [0.25, 0.3) is 0 Å². The molecule has 0 radical (unpaired) electrons. The molecule has 1 atom stereocenters. The van der Waals surface area contributed by atoms with E-state index >= 15 is 0 Å². The number of aryl methyl sites for hydroxylation is 1. The van der Waals surface area contributed by atoms with Crippen LogP contribution in [0.5, 0.6) is 0 Å². The maximum Gasteiger partial charge on any atom is 0.305 e. The van der Waals surface area contributed by atoms with Crippen LogP contribution in [0.3, 0.4) is 0 Å². The quantitative estimate of drug-likeness (QED) is 0.778. The van der Waals surface area contributed by atoms with E-state index in [1.807, 2.05) is 6.07 Å². The molecule has 0 amide bonds. The molecule has 0 aliphatic heterocycles. The minimum Gasteiger partial charge on any atom is -0.469 e. The summed E-state index contributed by atoms with van der Waals surface area (Å²) in [6.07, 6.45) is 3.10. The standard InChI is InChI=1S/C13H17NO2/c1-16-13(15)6-5-9-3-2-4-10-7-11(14)8-12(9)10/h2-4,11H,5-8,14H2,1H3. The number of benzene rings is 1. The lowest BCUT2D eigenvalue weighted by Gasteiger charge is -2.07. The molecule has 16 heavy (non-hydrogen) atoms. The Morgan fingerprint density at radius 1 is 1.50 bits per heavy atom. The third-order valence-corrected chi connectivity index (χ3v) is 3.14. The summed E-state index contributed by atoms with van der Waals surface area (Å²) >= 11 is 0. The molecule has 0 heterocycles. The molecule has 1 aromatic carbocycles. The highest BCUT2D eigenvalue weighted by Gasteiger charge is 2.20. The average Bonchev–Trinajstić information content (AvgIpc) is 2.66. The van der Waals surface area contributed by atoms with Gasteiger partial charge in [0.15, 0.2) is 0 Å². The summed E-state index contributed by atoms with van der Waals surface area (Å²) in [7, 11) is 1.42. The molecule has 2 rings (SSSR count). The maximum atomic E-state index is 11.1. The molecule has 2 N–H and O–H groups in total. The van der Waals surface area contributed by atoms with Crippen molar-refractivity contribution in [1.82, 2.24) is 0 Å². The summed E-state index contributed by atoms with van der Waals surface area (Å²) in [5.74, 6) is -0.153. The van der Waals surface area contributed by atoms with Gasteiger partial charge in [-0.25, -0.2) is 0 Å². The number of carbonyl (C=O) groups excluding carboxylic acids is 1. The fourth-order valence-electron chi connectivity index (χ4n) is 2.33. The van der Waals surface area contributed by atoms with Crippen molar-refractivity contribution in [3.8, 4) is 0 Å². The number of nitrogens with two attached hydrogens (primary N) is 1. The predicted molar refractivity (Wildman–Crippen MR) is 62.2 cm³/mol. The highest BCUT2D eigenvalue weighted by Crippen LogP contribution is 2.25. The summed E-state index contributed by atoms with van der Waals surface area (Å²) in [5.41, 5.74) is 9.88. The Kier molecular flexibility index (Phi) is 3.25. The fourth-order valence-corrected chi connectivity index (χ4v) is 2.33. The zero-order chi connectivity index (χ0) is 11.5. The van der Waals surface area contributed by atoms with Crippen molar-refractivity contribution in [2.45, 2.75) is 31.7 Å². The van der Waals surface area contributed by atoms with Crippen LogP contribution in [-0.4, -0.2) is 19.1 Å². The lowest BCUT2D eigenvalue weighted by Crippen LogP contribution is -2.19. The second-order valence-corrected chi connectivity index (χ2v) is 4.30. The molecule has 86 valence electrons. The predicted octanol–water partition coefficient (Wildman–Crippen LogP) is 1.22. The van der Waals surface area contributed by atoms with Gasteiger partial charge in [0.1, 0.15) is 0 Å². The van der Waals surface area contributed by atoms with Crippen molar-refractivity contribution >= 4 is 5.97 Å². The molecule has 0 aromatic heterocycles. The van der Waals surface area contributed by atoms with Crippen molar-refractivity contribution in [2.75, 3.05) is 7.11 Å². The normalized spacial score (nSPS) is 18.2. The van der Waals surface area contributed by atoms with Crippen molar-refractivity contribution in [3.63, 3.8) is 0 Å². The van der Waals surface area contributed by atoms with Crippen molar-refractivity contribution < 1.29 is 9.53 Å². The SMILES string of the molecule is COC(=O)CCc1cccc2c1CC(N)C2. The number of hydrogen-bond donors (Lipinski definition) is 1. The first kappa shape index (κ1) is 11.1. The zero-order valence-electron chi connectivity index (χ0n) is 9.53. The molecule has 0 saturated carbocycles. The highest BCUT2D eigenvalue weighted by atomic mass is 16.5. The van der Waals surface area contributed by atoms with E-state index in [9.17, 15) is 4.79 Å². The van der Waals surface area contributed by atoms with E-state index in [-0.39, 0.29) is 12.0 Å². The molecule has 1 unspecified atom stereocenters.